The van der Waals surface area contributed by atoms with Crippen molar-refractivity contribution in [2.75, 3.05) is 13.4 Å². The first kappa shape index (κ1) is 26.1. The highest BCUT2D eigenvalue weighted by molar-refractivity contribution is 7.98. The smallest absolute Gasteiger partial charge is 0.330 e. The van der Waals surface area contributed by atoms with E-state index in [9.17, 15) is 14.2 Å². The Labute approximate surface area is 219 Å². The van der Waals surface area contributed by atoms with Crippen molar-refractivity contribution in [3.63, 3.8) is 0 Å². The van der Waals surface area contributed by atoms with Crippen molar-refractivity contribution < 1.29 is 23.5 Å². The maximum absolute atomic E-state index is 14.2. The molecule has 4 rings (SSSR count). The molecule has 37 heavy (non-hydrogen) atoms. The molecule has 0 N–H and O–H groups in total. The summed E-state index contributed by atoms with van der Waals surface area (Å²) in [6.07, 6.45) is 1.93. The number of thioether (sulfide) groups is 1. The fourth-order valence-corrected chi connectivity index (χ4v) is 5.76. The maximum atomic E-state index is 14.2. The Morgan fingerprint density at radius 3 is 1.59 bits per heavy atom. The molecule has 0 aromatic heterocycles. The van der Waals surface area contributed by atoms with Crippen molar-refractivity contribution in [2.45, 2.75) is 4.90 Å². The van der Waals surface area contributed by atoms with Crippen molar-refractivity contribution in [3.8, 4) is 5.75 Å². The molecule has 0 amide bonds. The number of nitrogens with zero attached hydrogens (tertiary/aromatic N) is 1. The first-order valence-electron chi connectivity index (χ1n) is 11.3. The van der Waals surface area contributed by atoms with Gasteiger partial charge in [0.25, 0.3) is 0 Å². The van der Waals surface area contributed by atoms with Gasteiger partial charge >= 0.3 is 7.37 Å². The predicted molar refractivity (Wildman–Crippen MR) is 148 cm³/mol. The summed E-state index contributed by atoms with van der Waals surface area (Å²) in [4.78, 5) is 28.0. The van der Waals surface area contributed by atoms with Gasteiger partial charge in [0.15, 0.2) is 5.71 Å². The number of ether oxygens (including phenoxy) is 1. The van der Waals surface area contributed by atoms with Crippen molar-refractivity contribution in [2.24, 2.45) is 5.16 Å². The second kappa shape index (κ2) is 11.9. The van der Waals surface area contributed by atoms with Crippen LogP contribution in [-0.4, -0.2) is 30.6 Å². The molecule has 0 saturated heterocycles. The number of methoxy groups -OCH3 is 1. The van der Waals surface area contributed by atoms with Crippen LogP contribution in [0.4, 0.5) is 0 Å². The highest BCUT2D eigenvalue weighted by Crippen LogP contribution is 2.45. The summed E-state index contributed by atoms with van der Waals surface area (Å²) in [5.74, 6) is -0.738. The van der Waals surface area contributed by atoms with Crippen LogP contribution in [0.5, 0.6) is 5.75 Å². The number of hydrogen-bond donors (Lipinski definition) is 0. The number of Topliss-reactive ketones (excluding diaryl/α,β-unsaturated/α-hetero) is 2. The first-order valence-corrected chi connectivity index (χ1v) is 14.2. The van der Waals surface area contributed by atoms with Gasteiger partial charge in [-0.05, 0) is 79.1 Å². The average molecular weight is 530 g/mol. The summed E-state index contributed by atoms with van der Waals surface area (Å²) in [5.41, 5.74) is -0.00286. The maximum Gasteiger partial charge on any atom is 0.330 e. The van der Waals surface area contributed by atoms with Gasteiger partial charge in [0, 0.05) is 16.0 Å². The summed E-state index contributed by atoms with van der Waals surface area (Å²) in [7, 11) is -2.26. The number of rotatable bonds is 10. The zero-order valence-corrected chi connectivity index (χ0v) is 21.9. The number of carbonyl (C=O) groups excluding carboxylic acids is 2. The molecule has 0 fully saturated rings. The third-order valence-electron chi connectivity index (χ3n) is 5.57. The highest BCUT2D eigenvalue weighted by Gasteiger charge is 2.32. The van der Waals surface area contributed by atoms with Gasteiger partial charge in [-0.25, -0.2) is 0 Å². The van der Waals surface area contributed by atoms with Crippen LogP contribution in [0.15, 0.2) is 119 Å². The van der Waals surface area contributed by atoms with Gasteiger partial charge in [-0.15, -0.1) is 11.8 Å². The number of ketones is 2. The standard InChI is InChI=1S/C29H24NO5PS/c1-34-23-17-13-21(14-18-23)28(31)27(29(32)22-15-19-26(37-2)20-16-22)30-35-36(33,24-9-5-3-6-10-24)25-11-7-4-8-12-25/h3-20H,1-2H3/b30-27+. The molecule has 0 aliphatic rings. The third kappa shape index (κ3) is 5.91. The van der Waals surface area contributed by atoms with Crippen molar-refractivity contribution in [3.05, 3.63) is 120 Å². The summed E-state index contributed by atoms with van der Waals surface area (Å²) in [6.45, 7) is 0. The molecule has 0 unspecified atom stereocenters. The zero-order chi connectivity index (χ0) is 26.3. The Morgan fingerprint density at radius 2 is 1.16 bits per heavy atom. The van der Waals surface area contributed by atoms with E-state index in [1.807, 2.05) is 6.26 Å². The first-order chi connectivity index (χ1) is 18.0. The fourth-order valence-electron chi connectivity index (χ4n) is 3.53. The molecule has 186 valence electrons. The predicted octanol–water partition coefficient (Wildman–Crippen LogP) is 5.78. The van der Waals surface area contributed by atoms with Gasteiger partial charge in [-0.2, -0.15) is 0 Å². The van der Waals surface area contributed by atoms with Gasteiger partial charge in [-0.1, -0.05) is 41.6 Å². The molecular formula is C29H24NO5PS. The molecule has 4 aromatic carbocycles. The lowest BCUT2D eigenvalue weighted by atomic mass is 9.99. The van der Waals surface area contributed by atoms with Gasteiger partial charge in [0.1, 0.15) is 5.75 Å². The minimum atomic E-state index is -3.78. The minimum absolute atomic E-state index is 0.214. The molecule has 4 aromatic rings. The SMILES string of the molecule is COc1ccc(C(=O)/C(=N\OP(=O)(c2ccccc2)c2ccccc2)C(=O)c2ccc(SC)cc2)cc1. The third-order valence-corrected chi connectivity index (χ3v) is 8.59. The molecule has 0 heterocycles. The van der Waals surface area contributed by atoms with E-state index in [0.717, 1.165) is 4.90 Å². The minimum Gasteiger partial charge on any atom is -0.497 e. The number of benzene rings is 4. The van der Waals surface area contributed by atoms with Crippen LogP contribution in [0.25, 0.3) is 0 Å². The molecule has 0 spiro atoms. The van der Waals surface area contributed by atoms with E-state index in [0.29, 0.717) is 16.4 Å². The number of carbonyl (C=O) groups is 2. The van der Waals surface area contributed by atoms with Crippen LogP contribution in [0.1, 0.15) is 20.7 Å². The van der Waals surface area contributed by atoms with Gasteiger partial charge < -0.3 is 9.36 Å². The van der Waals surface area contributed by atoms with E-state index in [-0.39, 0.29) is 11.1 Å². The lowest BCUT2D eigenvalue weighted by Crippen LogP contribution is -2.26. The molecule has 6 nitrogen and oxygen atoms in total. The van der Waals surface area contributed by atoms with Crippen LogP contribution in [-0.2, 0) is 9.19 Å². The number of hydrogen-bond acceptors (Lipinski definition) is 7. The van der Waals surface area contributed by atoms with Gasteiger partial charge in [0.2, 0.25) is 11.6 Å². The molecule has 0 bridgehead atoms. The van der Waals surface area contributed by atoms with Crippen LogP contribution in [0, 0.1) is 0 Å². The summed E-state index contributed by atoms with van der Waals surface area (Å²) < 4.78 is 25.1. The fraction of sp³-hybridized carbons (Fsp3) is 0.0690. The highest BCUT2D eigenvalue weighted by atomic mass is 32.2. The normalized spacial score (nSPS) is 11.6. The van der Waals surface area contributed by atoms with E-state index in [1.54, 1.807) is 97.1 Å². The summed E-state index contributed by atoms with van der Waals surface area (Å²) in [5, 5.41) is 4.78. The molecule has 0 atom stereocenters. The molecule has 0 saturated carbocycles. The van der Waals surface area contributed by atoms with Gasteiger partial charge in [-0.3, -0.25) is 14.2 Å². The molecule has 0 aliphatic heterocycles. The second-order valence-electron chi connectivity index (χ2n) is 7.86. The van der Waals surface area contributed by atoms with Crippen molar-refractivity contribution >= 4 is 47.0 Å². The number of oxime groups is 1. The Balaban J connectivity index is 1.80. The van der Waals surface area contributed by atoms with Crippen LogP contribution >= 0.6 is 19.1 Å². The van der Waals surface area contributed by atoms with E-state index in [4.69, 9.17) is 9.36 Å². The second-order valence-corrected chi connectivity index (χ2v) is 11.0. The van der Waals surface area contributed by atoms with Crippen LogP contribution in [0.2, 0.25) is 0 Å². The molecule has 8 heteroatoms. The van der Waals surface area contributed by atoms with Gasteiger partial charge in [0.05, 0.1) is 17.7 Å². The van der Waals surface area contributed by atoms with Crippen LogP contribution < -0.4 is 15.3 Å². The summed E-state index contributed by atoms with van der Waals surface area (Å²) >= 11 is 1.53. The van der Waals surface area contributed by atoms with Crippen LogP contribution in [0.3, 0.4) is 0 Å². The lowest BCUT2D eigenvalue weighted by Gasteiger charge is -2.17. The molecular weight excluding hydrogens is 505 g/mol. The quantitative estimate of drug-likeness (QED) is 0.0647. The average Bonchev–Trinajstić information content (AvgIpc) is 2.97. The lowest BCUT2D eigenvalue weighted by molar-refractivity contribution is 0.101. The summed E-state index contributed by atoms with van der Waals surface area (Å²) in [6, 6.07) is 30.3. The topological polar surface area (TPSA) is 82.0 Å². The zero-order valence-electron chi connectivity index (χ0n) is 20.2. The molecule has 0 aliphatic carbocycles. The Hall–Kier alpha value is -3.93. The Bertz CT molecular complexity index is 1350. The van der Waals surface area contributed by atoms with Crippen molar-refractivity contribution in [1.29, 1.82) is 0 Å². The Kier molecular flexibility index (Phi) is 8.39. The van der Waals surface area contributed by atoms with E-state index < -0.39 is 24.6 Å². The van der Waals surface area contributed by atoms with E-state index >= 15 is 0 Å². The molecule has 0 radical (unpaired) electrons. The van der Waals surface area contributed by atoms with E-state index in [2.05, 4.69) is 5.16 Å². The largest absolute Gasteiger partial charge is 0.497 e. The monoisotopic (exact) mass is 529 g/mol. The van der Waals surface area contributed by atoms with E-state index in [1.165, 1.54) is 31.0 Å². The Morgan fingerprint density at radius 1 is 0.703 bits per heavy atom. The van der Waals surface area contributed by atoms with Crippen molar-refractivity contribution in [1.82, 2.24) is 0 Å².